The lowest BCUT2D eigenvalue weighted by atomic mass is 10.00. The lowest BCUT2D eigenvalue weighted by Gasteiger charge is -2.26. The van der Waals surface area contributed by atoms with Crippen molar-refractivity contribution in [1.29, 1.82) is 0 Å². The fourth-order valence-corrected chi connectivity index (χ4v) is 3.38. The molecule has 0 heterocycles. The Morgan fingerprint density at radius 1 is 0.912 bits per heavy atom. The van der Waals surface area contributed by atoms with E-state index in [1.807, 2.05) is 58.0 Å². The molecule has 0 bridgehead atoms. The summed E-state index contributed by atoms with van der Waals surface area (Å²) in [6.07, 6.45) is 1.74. The van der Waals surface area contributed by atoms with E-state index in [9.17, 15) is 19.2 Å². The minimum atomic E-state index is -0.871. The summed E-state index contributed by atoms with van der Waals surface area (Å²) in [6, 6.07) is 6.84. The van der Waals surface area contributed by atoms with Crippen LogP contribution in [0.2, 0.25) is 0 Å². The van der Waals surface area contributed by atoms with Gasteiger partial charge in [-0.3, -0.25) is 9.59 Å². The Labute approximate surface area is 202 Å². The summed E-state index contributed by atoms with van der Waals surface area (Å²) in [5.74, 6) is -0.692. The molecule has 0 saturated heterocycles. The molecule has 1 aromatic carbocycles. The second-order valence-corrected chi connectivity index (χ2v) is 9.26. The maximum absolute atomic E-state index is 13.1. The van der Waals surface area contributed by atoms with Gasteiger partial charge in [0.05, 0.1) is 6.04 Å². The third-order valence-corrected chi connectivity index (χ3v) is 5.08. The van der Waals surface area contributed by atoms with Crippen LogP contribution >= 0.6 is 0 Å². The van der Waals surface area contributed by atoms with E-state index in [1.54, 1.807) is 0 Å². The van der Waals surface area contributed by atoms with Gasteiger partial charge in [-0.05, 0) is 49.6 Å². The van der Waals surface area contributed by atoms with Crippen molar-refractivity contribution in [3.05, 3.63) is 35.9 Å². The number of ether oxygens (including phenoxy) is 1. The second-order valence-electron chi connectivity index (χ2n) is 9.26. The Kier molecular flexibility index (Phi) is 13.5. The van der Waals surface area contributed by atoms with Crippen molar-refractivity contribution in [3.63, 3.8) is 0 Å². The first-order valence-corrected chi connectivity index (χ1v) is 11.9. The number of rotatable bonds is 15. The normalized spacial score (nSPS) is 13.6. The number of carbonyl (C=O) groups is 4. The molecule has 0 spiro atoms. The molecule has 9 heteroatoms. The van der Waals surface area contributed by atoms with E-state index in [-0.39, 0.29) is 18.4 Å². The predicted molar refractivity (Wildman–Crippen MR) is 131 cm³/mol. The molecule has 1 aromatic rings. The lowest BCUT2D eigenvalue weighted by molar-refractivity contribution is -0.131. The van der Waals surface area contributed by atoms with E-state index in [1.165, 1.54) is 0 Å². The number of alkyl carbamates (subject to hydrolysis) is 1. The molecule has 3 amide bonds. The smallest absolute Gasteiger partial charge is 0.408 e. The van der Waals surface area contributed by atoms with Crippen molar-refractivity contribution in [3.8, 4) is 0 Å². The highest BCUT2D eigenvalue weighted by molar-refractivity contribution is 5.92. The first-order valence-electron chi connectivity index (χ1n) is 11.9. The molecule has 34 heavy (non-hydrogen) atoms. The predicted octanol–water partition coefficient (Wildman–Crippen LogP) is 2.28. The molecule has 1 rings (SSSR count). The third-order valence-electron chi connectivity index (χ3n) is 5.08. The molecule has 0 saturated carbocycles. The average Bonchev–Trinajstić information content (AvgIpc) is 2.79. The number of carbonyl (C=O) groups excluding carboxylic acids is 4. The Morgan fingerprint density at radius 3 is 2.00 bits per heavy atom. The number of amides is 3. The zero-order valence-corrected chi connectivity index (χ0v) is 20.7. The van der Waals surface area contributed by atoms with Crippen molar-refractivity contribution in [2.24, 2.45) is 17.6 Å². The van der Waals surface area contributed by atoms with Crippen molar-refractivity contribution < 1.29 is 23.9 Å². The number of aldehydes is 1. The van der Waals surface area contributed by atoms with Crippen LogP contribution in [0.15, 0.2) is 30.3 Å². The Hall–Kier alpha value is -2.94. The van der Waals surface area contributed by atoms with Gasteiger partial charge >= 0.3 is 6.09 Å². The fraction of sp³-hybridized carbons (Fsp3) is 0.600. The Morgan fingerprint density at radius 2 is 1.47 bits per heavy atom. The molecule has 0 fully saturated rings. The van der Waals surface area contributed by atoms with Crippen LogP contribution in [0, 0.1) is 11.8 Å². The van der Waals surface area contributed by atoms with Gasteiger partial charge in [-0.2, -0.15) is 0 Å². The summed E-state index contributed by atoms with van der Waals surface area (Å²) in [4.78, 5) is 49.6. The molecular formula is C25H40N4O5. The number of hydrogen-bond donors (Lipinski definition) is 4. The van der Waals surface area contributed by atoms with Gasteiger partial charge in [0.2, 0.25) is 11.8 Å². The van der Waals surface area contributed by atoms with Crippen LogP contribution in [0.3, 0.4) is 0 Å². The number of nitrogens with one attached hydrogen (secondary N) is 3. The third kappa shape index (κ3) is 11.8. The highest BCUT2D eigenvalue weighted by atomic mass is 16.5. The summed E-state index contributed by atoms with van der Waals surface area (Å²) < 4.78 is 5.25. The monoisotopic (exact) mass is 476 g/mol. The van der Waals surface area contributed by atoms with Crippen LogP contribution in [0.5, 0.6) is 0 Å². The van der Waals surface area contributed by atoms with Crippen LogP contribution in [0.4, 0.5) is 4.79 Å². The van der Waals surface area contributed by atoms with Gasteiger partial charge < -0.3 is 31.2 Å². The maximum atomic E-state index is 13.1. The maximum Gasteiger partial charge on any atom is 0.408 e. The number of hydrogen-bond acceptors (Lipinski definition) is 6. The van der Waals surface area contributed by atoms with Crippen molar-refractivity contribution in [2.75, 3.05) is 6.54 Å². The molecule has 0 aliphatic rings. The average molecular weight is 477 g/mol. The fourth-order valence-electron chi connectivity index (χ4n) is 3.38. The van der Waals surface area contributed by atoms with Gasteiger partial charge in [0.1, 0.15) is 25.0 Å². The molecule has 0 aliphatic carbocycles. The van der Waals surface area contributed by atoms with Gasteiger partial charge in [0.25, 0.3) is 0 Å². The zero-order valence-electron chi connectivity index (χ0n) is 20.7. The molecule has 5 N–H and O–H groups in total. The standard InChI is InChI=1S/C25H40N4O5/c1-17(2)13-21(23(31)27-20(15-30)11-8-12-26)28-24(32)22(14-18(3)4)29-25(33)34-16-19-9-6-5-7-10-19/h5-7,9-10,15,17-18,20-22H,8,11-14,16,26H2,1-4H3,(H,27,31)(H,28,32)(H,29,33)/t20?,21-,22-/m0/s1. The first kappa shape index (κ1) is 29.1. The molecule has 3 atom stereocenters. The Balaban J connectivity index is 2.82. The highest BCUT2D eigenvalue weighted by Crippen LogP contribution is 2.10. The molecule has 0 radical (unpaired) electrons. The van der Waals surface area contributed by atoms with E-state index < -0.39 is 36.0 Å². The summed E-state index contributed by atoms with van der Waals surface area (Å²) in [6.45, 7) is 8.22. The Bertz CT molecular complexity index is 770. The topological polar surface area (TPSA) is 140 Å². The number of nitrogens with two attached hydrogens (primary N) is 1. The quantitative estimate of drug-likeness (QED) is 0.286. The summed E-state index contributed by atoms with van der Waals surface area (Å²) in [7, 11) is 0. The molecule has 9 nitrogen and oxygen atoms in total. The highest BCUT2D eigenvalue weighted by Gasteiger charge is 2.29. The van der Waals surface area contributed by atoms with Gasteiger partial charge in [-0.25, -0.2) is 4.79 Å². The van der Waals surface area contributed by atoms with Crippen molar-refractivity contribution in [1.82, 2.24) is 16.0 Å². The zero-order chi connectivity index (χ0) is 25.5. The van der Waals surface area contributed by atoms with Crippen LogP contribution in [-0.4, -0.2) is 48.9 Å². The summed E-state index contributed by atoms with van der Waals surface area (Å²) >= 11 is 0. The molecule has 0 aromatic heterocycles. The van der Waals surface area contributed by atoms with Gasteiger partial charge in [-0.1, -0.05) is 58.0 Å². The van der Waals surface area contributed by atoms with Crippen LogP contribution in [0.25, 0.3) is 0 Å². The van der Waals surface area contributed by atoms with Gasteiger partial charge in [0, 0.05) is 0 Å². The largest absolute Gasteiger partial charge is 0.445 e. The van der Waals surface area contributed by atoms with E-state index in [2.05, 4.69) is 16.0 Å². The molecule has 0 aliphatic heterocycles. The van der Waals surface area contributed by atoms with Crippen LogP contribution in [-0.2, 0) is 25.7 Å². The summed E-state index contributed by atoms with van der Waals surface area (Å²) in [5.41, 5.74) is 6.32. The van der Waals surface area contributed by atoms with Gasteiger partial charge in [0.15, 0.2) is 0 Å². The van der Waals surface area contributed by atoms with Gasteiger partial charge in [-0.15, -0.1) is 0 Å². The number of benzene rings is 1. The van der Waals surface area contributed by atoms with Crippen molar-refractivity contribution >= 4 is 24.2 Å². The minimum absolute atomic E-state index is 0.0803. The minimum Gasteiger partial charge on any atom is -0.445 e. The van der Waals surface area contributed by atoms with E-state index in [4.69, 9.17) is 10.5 Å². The van der Waals surface area contributed by atoms with Crippen LogP contribution in [0.1, 0.15) is 58.9 Å². The molecule has 190 valence electrons. The lowest BCUT2D eigenvalue weighted by Crippen LogP contribution is -2.55. The van der Waals surface area contributed by atoms with Crippen LogP contribution < -0.4 is 21.7 Å². The van der Waals surface area contributed by atoms with E-state index >= 15 is 0 Å². The molecular weight excluding hydrogens is 436 g/mol. The van der Waals surface area contributed by atoms with E-state index in [0.29, 0.717) is 38.5 Å². The second kappa shape index (κ2) is 15.8. The molecule has 1 unspecified atom stereocenters. The van der Waals surface area contributed by atoms with Crippen molar-refractivity contribution in [2.45, 2.75) is 78.1 Å². The first-order chi connectivity index (χ1) is 16.2. The van der Waals surface area contributed by atoms with E-state index in [0.717, 1.165) is 5.56 Å². The SMILES string of the molecule is CC(C)C[C@H](NC(=O)OCc1ccccc1)C(=O)N[C@@H](CC(C)C)C(=O)NC(C=O)CCCN. The summed E-state index contributed by atoms with van der Waals surface area (Å²) in [5, 5.41) is 8.06.